The first-order chi connectivity index (χ1) is 11.6. The number of hydrogen-bond acceptors (Lipinski definition) is 6. The Balaban J connectivity index is 1.64. The summed E-state index contributed by atoms with van der Waals surface area (Å²) in [5.41, 5.74) is -0.752. The van der Waals surface area contributed by atoms with Gasteiger partial charge in [-0.15, -0.1) is 21.5 Å². The predicted molar refractivity (Wildman–Crippen MR) is 94.6 cm³/mol. The molecular formula is C16H19N5OS2. The number of rotatable bonds is 7. The third-order valence-corrected chi connectivity index (χ3v) is 5.96. The van der Waals surface area contributed by atoms with Gasteiger partial charge in [-0.3, -0.25) is 4.79 Å². The van der Waals surface area contributed by atoms with Gasteiger partial charge in [0.2, 0.25) is 5.91 Å². The SMILES string of the molecule is CCn1c(SCC(=O)NC(C)(C#N)C2CC2)nnc1-c1cccs1. The number of thiophene rings is 1. The zero-order valence-electron chi connectivity index (χ0n) is 13.7. The van der Waals surface area contributed by atoms with Crippen LogP contribution in [0.1, 0.15) is 26.7 Å². The molecule has 0 bridgehead atoms. The summed E-state index contributed by atoms with van der Waals surface area (Å²) in [5, 5.41) is 23.4. The van der Waals surface area contributed by atoms with Crippen LogP contribution in [-0.2, 0) is 11.3 Å². The van der Waals surface area contributed by atoms with Crippen LogP contribution in [0.25, 0.3) is 10.7 Å². The van der Waals surface area contributed by atoms with E-state index in [0.717, 1.165) is 35.2 Å². The van der Waals surface area contributed by atoms with Crippen LogP contribution in [-0.4, -0.2) is 32.0 Å². The van der Waals surface area contributed by atoms with Crippen LogP contribution in [0.3, 0.4) is 0 Å². The number of amides is 1. The van der Waals surface area contributed by atoms with Gasteiger partial charge in [-0.1, -0.05) is 17.8 Å². The van der Waals surface area contributed by atoms with Crippen molar-refractivity contribution in [2.75, 3.05) is 5.75 Å². The number of hydrogen-bond donors (Lipinski definition) is 1. The number of thioether (sulfide) groups is 1. The van der Waals surface area contributed by atoms with E-state index in [2.05, 4.69) is 21.6 Å². The van der Waals surface area contributed by atoms with Crippen molar-refractivity contribution in [1.29, 1.82) is 5.26 Å². The Kier molecular flexibility index (Phi) is 4.92. The summed E-state index contributed by atoms with van der Waals surface area (Å²) in [6.45, 7) is 4.57. The molecule has 1 atom stereocenters. The highest BCUT2D eigenvalue weighted by Crippen LogP contribution is 2.39. The van der Waals surface area contributed by atoms with E-state index in [-0.39, 0.29) is 17.6 Å². The van der Waals surface area contributed by atoms with Gasteiger partial charge in [0.05, 0.1) is 16.7 Å². The molecule has 3 rings (SSSR count). The van der Waals surface area contributed by atoms with Gasteiger partial charge in [-0.2, -0.15) is 5.26 Å². The van der Waals surface area contributed by atoms with Crippen LogP contribution >= 0.6 is 23.1 Å². The number of nitrogens with zero attached hydrogens (tertiary/aromatic N) is 4. The van der Waals surface area contributed by atoms with Crippen LogP contribution < -0.4 is 5.32 Å². The fraction of sp³-hybridized carbons (Fsp3) is 0.500. The van der Waals surface area contributed by atoms with E-state index in [9.17, 15) is 10.1 Å². The van der Waals surface area contributed by atoms with E-state index >= 15 is 0 Å². The third-order valence-electron chi connectivity index (χ3n) is 4.13. The van der Waals surface area contributed by atoms with Crippen molar-refractivity contribution in [3.05, 3.63) is 17.5 Å². The molecular weight excluding hydrogens is 342 g/mol. The van der Waals surface area contributed by atoms with Crippen LogP contribution in [0, 0.1) is 17.2 Å². The maximum absolute atomic E-state index is 12.2. The topological polar surface area (TPSA) is 83.6 Å². The van der Waals surface area contributed by atoms with E-state index in [0.29, 0.717) is 0 Å². The number of nitrogens with one attached hydrogen (secondary N) is 1. The van der Waals surface area contributed by atoms with E-state index in [1.54, 1.807) is 18.3 Å². The average Bonchev–Trinajstić information content (AvgIpc) is 3.16. The molecule has 0 aromatic carbocycles. The summed E-state index contributed by atoms with van der Waals surface area (Å²) in [6.07, 6.45) is 2.01. The van der Waals surface area contributed by atoms with Crippen LogP contribution in [0.4, 0.5) is 0 Å². The molecule has 0 aliphatic heterocycles. The average molecular weight is 361 g/mol. The maximum atomic E-state index is 12.2. The summed E-state index contributed by atoms with van der Waals surface area (Å²) >= 11 is 2.97. The van der Waals surface area contributed by atoms with Crippen molar-refractivity contribution in [2.45, 2.75) is 43.9 Å². The van der Waals surface area contributed by atoms with Gasteiger partial charge >= 0.3 is 0 Å². The first-order valence-electron chi connectivity index (χ1n) is 7.89. The molecule has 2 aromatic rings. The summed E-state index contributed by atoms with van der Waals surface area (Å²) in [6, 6.07) is 6.23. The first kappa shape index (κ1) is 17.0. The standard InChI is InChI=1S/C16H19N5OS2/c1-3-21-14(12-5-4-8-23-12)19-20-15(21)24-9-13(22)18-16(2,10-17)11-6-7-11/h4-5,8,11H,3,6-7,9H2,1-2H3,(H,18,22). The molecule has 126 valence electrons. The molecule has 8 heteroatoms. The van der Waals surface area contributed by atoms with Crippen LogP contribution in [0.5, 0.6) is 0 Å². The lowest BCUT2D eigenvalue weighted by molar-refractivity contribution is -0.119. The molecule has 0 saturated heterocycles. The second kappa shape index (κ2) is 6.95. The fourth-order valence-corrected chi connectivity index (χ4v) is 4.13. The molecule has 6 nitrogen and oxygen atoms in total. The van der Waals surface area contributed by atoms with E-state index in [1.807, 2.05) is 29.0 Å². The number of carbonyl (C=O) groups is 1. The van der Waals surface area contributed by atoms with Crippen molar-refractivity contribution >= 4 is 29.0 Å². The Bertz CT molecular complexity index is 760. The van der Waals surface area contributed by atoms with Crippen molar-refractivity contribution in [3.63, 3.8) is 0 Å². The molecule has 1 amide bonds. The summed E-state index contributed by atoms with van der Waals surface area (Å²) in [4.78, 5) is 13.3. The van der Waals surface area contributed by atoms with E-state index < -0.39 is 5.54 Å². The molecule has 1 fully saturated rings. The summed E-state index contributed by atoms with van der Waals surface area (Å²) in [7, 11) is 0. The highest BCUT2D eigenvalue weighted by molar-refractivity contribution is 7.99. The molecule has 1 unspecified atom stereocenters. The Hall–Kier alpha value is -1.85. The van der Waals surface area contributed by atoms with Gasteiger partial charge in [0.15, 0.2) is 11.0 Å². The van der Waals surface area contributed by atoms with Gasteiger partial charge < -0.3 is 9.88 Å². The van der Waals surface area contributed by atoms with E-state index in [1.165, 1.54) is 11.8 Å². The Morgan fingerprint density at radius 1 is 1.58 bits per heavy atom. The molecule has 0 radical (unpaired) electrons. The first-order valence-corrected chi connectivity index (χ1v) is 9.76. The molecule has 1 aliphatic rings. The lowest BCUT2D eigenvalue weighted by Gasteiger charge is -2.22. The minimum atomic E-state index is -0.752. The Morgan fingerprint density at radius 2 is 2.38 bits per heavy atom. The lowest BCUT2D eigenvalue weighted by Crippen LogP contribution is -2.47. The second-order valence-electron chi connectivity index (χ2n) is 5.95. The smallest absolute Gasteiger partial charge is 0.231 e. The molecule has 2 heterocycles. The molecule has 2 aromatic heterocycles. The van der Waals surface area contributed by atoms with Gasteiger partial charge in [-0.25, -0.2) is 0 Å². The van der Waals surface area contributed by atoms with Crippen LogP contribution in [0.2, 0.25) is 0 Å². The molecule has 1 saturated carbocycles. The van der Waals surface area contributed by atoms with Gasteiger partial charge in [0.25, 0.3) is 0 Å². The Morgan fingerprint density at radius 3 is 2.96 bits per heavy atom. The summed E-state index contributed by atoms with van der Waals surface area (Å²) in [5.74, 6) is 1.20. The number of carbonyl (C=O) groups excluding carboxylic acids is 1. The highest BCUT2D eigenvalue weighted by Gasteiger charge is 2.42. The third kappa shape index (κ3) is 3.47. The Labute approximate surface area is 149 Å². The van der Waals surface area contributed by atoms with E-state index in [4.69, 9.17) is 0 Å². The summed E-state index contributed by atoms with van der Waals surface area (Å²) < 4.78 is 2.01. The monoisotopic (exact) mass is 361 g/mol. The highest BCUT2D eigenvalue weighted by atomic mass is 32.2. The van der Waals surface area contributed by atoms with Crippen molar-refractivity contribution < 1.29 is 4.79 Å². The van der Waals surface area contributed by atoms with Crippen molar-refractivity contribution in [2.24, 2.45) is 5.92 Å². The normalized spacial score (nSPS) is 16.4. The second-order valence-corrected chi connectivity index (χ2v) is 7.84. The number of nitriles is 1. The fourth-order valence-electron chi connectivity index (χ4n) is 2.61. The molecule has 1 aliphatic carbocycles. The minimum Gasteiger partial charge on any atom is -0.337 e. The quantitative estimate of drug-likeness (QED) is 0.767. The zero-order chi connectivity index (χ0) is 17.2. The van der Waals surface area contributed by atoms with Crippen molar-refractivity contribution in [1.82, 2.24) is 20.1 Å². The molecule has 0 spiro atoms. The van der Waals surface area contributed by atoms with Gasteiger partial charge in [-0.05, 0) is 44.1 Å². The van der Waals surface area contributed by atoms with Crippen molar-refractivity contribution in [3.8, 4) is 16.8 Å². The van der Waals surface area contributed by atoms with Gasteiger partial charge in [0, 0.05) is 6.54 Å². The predicted octanol–water partition coefficient (Wildman–Crippen LogP) is 2.93. The zero-order valence-corrected chi connectivity index (χ0v) is 15.3. The lowest BCUT2D eigenvalue weighted by atomic mass is 9.98. The number of aromatic nitrogens is 3. The molecule has 1 N–H and O–H groups in total. The maximum Gasteiger partial charge on any atom is 0.231 e. The van der Waals surface area contributed by atoms with Gasteiger partial charge in [0.1, 0.15) is 5.54 Å². The molecule has 24 heavy (non-hydrogen) atoms. The minimum absolute atomic E-state index is 0.140. The largest absolute Gasteiger partial charge is 0.337 e. The van der Waals surface area contributed by atoms with Crippen LogP contribution in [0.15, 0.2) is 22.7 Å².